The van der Waals surface area contributed by atoms with Gasteiger partial charge in [0.05, 0.1) is 12.2 Å². The Morgan fingerprint density at radius 1 is 1.28 bits per heavy atom. The molecular formula is C18H19N3O3S. The molecule has 1 aromatic carbocycles. The van der Waals surface area contributed by atoms with Crippen LogP contribution in [-0.4, -0.2) is 34.8 Å². The number of ether oxygens (including phenoxy) is 1. The minimum atomic E-state index is -0.0357. The molecule has 1 aliphatic carbocycles. The molecule has 2 aromatic rings. The number of thiazole rings is 1. The Bertz CT molecular complexity index is 786. The quantitative estimate of drug-likeness (QED) is 0.892. The Labute approximate surface area is 149 Å². The lowest BCUT2D eigenvalue weighted by Gasteiger charge is -2.26. The zero-order valence-corrected chi connectivity index (χ0v) is 14.6. The van der Waals surface area contributed by atoms with E-state index in [1.807, 2.05) is 30.3 Å². The highest BCUT2D eigenvalue weighted by Crippen LogP contribution is 2.33. The molecule has 4 rings (SSSR count). The first kappa shape index (κ1) is 16.1. The summed E-state index contributed by atoms with van der Waals surface area (Å²) in [5.41, 5.74) is 0.990. The second-order valence-corrected chi connectivity index (χ2v) is 7.40. The number of nitrogens with one attached hydrogen (secondary N) is 1. The van der Waals surface area contributed by atoms with E-state index in [1.165, 1.54) is 11.3 Å². The van der Waals surface area contributed by atoms with Gasteiger partial charge in [0, 0.05) is 23.8 Å². The van der Waals surface area contributed by atoms with Crippen LogP contribution in [0.3, 0.4) is 0 Å². The van der Waals surface area contributed by atoms with Crippen molar-refractivity contribution in [1.29, 1.82) is 0 Å². The molecule has 1 aromatic heterocycles. The number of rotatable bonds is 5. The van der Waals surface area contributed by atoms with Crippen LogP contribution in [0.4, 0.5) is 5.13 Å². The van der Waals surface area contributed by atoms with Crippen LogP contribution in [0, 0.1) is 5.92 Å². The second-order valence-electron chi connectivity index (χ2n) is 6.32. The molecule has 1 fully saturated rings. The van der Waals surface area contributed by atoms with E-state index < -0.39 is 0 Å². The van der Waals surface area contributed by atoms with Crippen molar-refractivity contribution < 1.29 is 14.3 Å². The number of amides is 2. The highest BCUT2D eigenvalue weighted by atomic mass is 32.1. The first-order valence-electron chi connectivity index (χ1n) is 8.44. The third-order valence-corrected chi connectivity index (χ3v) is 5.37. The monoisotopic (exact) mass is 357 g/mol. The lowest BCUT2D eigenvalue weighted by Crippen LogP contribution is -2.38. The zero-order chi connectivity index (χ0) is 17.2. The molecule has 1 saturated carbocycles. The molecule has 0 spiro atoms. The predicted molar refractivity (Wildman–Crippen MR) is 94.5 cm³/mol. The van der Waals surface area contributed by atoms with E-state index in [-0.39, 0.29) is 24.3 Å². The third-order valence-electron chi connectivity index (χ3n) is 4.37. The van der Waals surface area contributed by atoms with Crippen molar-refractivity contribution in [3.8, 4) is 5.75 Å². The Balaban J connectivity index is 1.34. The first-order valence-corrected chi connectivity index (χ1v) is 9.26. The number of para-hydroxylation sites is 1. The van der Waals surface area contributed by atoms with Gasteiger partial charge in [0.25, 0.3) is 5.91 Å². The maximum atomic E-state index is 12.4. The molecule has 2 heterocycles. The molecule has 0 bridgehead atoms. The van der Waals surface area contributed by atoms with Crippen LogP contribution < -0.4 is 10.1 Å². The Hall–Kier alpha value is -2.41. The van der Waals surface area contributed by atoms with Gasteiger partial charge >= 0.3 is 0 Å². The standard InChI is InChI=1S/C18H19N3O3S/c22-16(11-24-13-4-2-1-3-5-13)21-9-8-14-15(10-21)25-18(19-14)20-17(23)12-6-7-12/h1-5,12H,6-11H2,(H,19,20,23). The Kier molecular flexibility index (Phi) is 4.40. The van der Waals surface area contributed by atoms with E-state index in [1.54, 1.807) is 4.90 Å². The van der Waals surface area contributed by atoms with Crippen LogP contribution in [0.15, 0.2) is 30.3 Å². The average Bonchev–Trinajstić information content (AvgIpc) is 3.41. The normalized spacial score (nSPS) is 16.2. The molecule has 0 atom stereocenters. The highest BCUT2D eigenvalue weighted by Gasteiger charge is 2.31. The molecule has 2 aliphatic rings. The number of carbonyl (C=O) groups excluding carboxylic acids is 2. The Morgan fingerprint density at radius 2 is 2.08 bits per heavy atom. The van der Waals surface area contributed by atoms with Crippen LogP contribution in [0.1, 0.15) is 23.4 Å². The van der Waals surface area contributed by atoms with Crippen LogP contribution >= 0.6 is 11.3 Å². The zero-order valence-electron chi connectivity index (χ0n) is 13.7. The summed E-state index contributed by atoms with van der Waals surface area (Å²) in [7, 11) is 0. The molecule has 0 radical (unpaired) electrons. The van der Waals surface area contributed by atoms with Gasteiger partial charge in [0.2, 0.25) is 5.91 Å². The first-order chi connectivity index (χ1) is 12.2. The molecule has 0 unspecified atom stereocenters. The van der Waals surface area contributed by atoms with E-state index >= 15 is 0 Å². The number of fused-ring (bicyclic) bond motifs is 1. The molecule has 7 heteroatoms. The minimum absolute atomic E-state index is 0.0312. The fourth-order valence-electron chi connectivity index (χ4n) is 2.77. The van der Waals surface area contributed by atoms with Crippen molar-refractivity contribution in [1.82, 2.24) is 9.88 Å². The lowest BCUT2D eigenvalue weighted by molar-refractivity contribution is -0.134. The van der Waals surface area contributed by atoms with Crippen molar-refractivity contribution in [2.75, 3.05) is 18.5 Å². The fourth-order valence-corrected chi connectivity index (χ4v) is 3.79. The van der Waals surface area contributed by atoms with Crippen LogP contribution in [0.2, 0.25) is 0 Å². The summed E-state index contributed by atoms with van der Waals surface area (Å²) in [5.74, 6) is 0.882. The van der Waals surface area contributed by atoms with Crippen molar-refractivity contribution in [3.63, 3.8) is 0 Å². The minimum Gasteiger partial charge on any atom is -0.484 e. The van der Waals surface area contributed by atoms with Gasteiger partial charge in [-0.1, -0.05) is 29.5 Å². The number of nitrogens with zero attached hydrogens (tertiary/aromatic N) is 2. The second kappa shape index (κ2) is 6.84. The summed E-state index contributed by atoms with van der Waals surface area (Å²) in [5, 5.41) is 3.54. The summed E-state index contributed by atoms with van der Waals surface area (Å²) >= 11 is 1.47. The number of aromatic nitrogens is 1. The summed E-state index contributed by atoms with van der Waals surface area (Å²) in [6.07, 6.45) is 2.66. The summed E-state index contributed by atoms with van der Waals surface area (Å²) in [6, 6.07) is 9.33. The van der Waals surface area contributed by atoms with Crippen LogP contribution in [-0.2, 0) is 22.6 Å². The molecule has 2 amide bonds. The predicted octanol–water partition coefficient (Wildman–Crippen LogP) is 2.46. The highest BCUT2D eigenvalue weighted by molar-refractivity contribution is 7.15. The molecular weight excluding hydrogens is 338 g/mol. The van der Waals surface area contributed by atoms with E-state index in [0.717, 1.165) is 23.4 Å². The topological polar surface area (TPSA) is 71.5 Å². The summed E-state index contributed by atoms with van der Waals surface area (Å²) in [6.45, 7) is 1.19. The van der Waals surface area contributed by atoms with Gasteiger partial charge in [-0.05, 0) is 25.0 Å². The van der Waals surface area contributed by atoms with Gasteiger partial charge in [-0.25, -0.2) is 4.98 Å². The van der Waals surface area contributed by atoms with Crippen molar-refractivity contribution >= 4 is 28.3 Å². The molecule has 130 valence electrons. The number of anilines is 1. The van der Waals surface area contributed by atoms with Crippen LogP contribution in [0.5, 0.6) is 5.75 Å². The molecule has 1 N–H and O–H groups in total. The average molecular weight is 357 g/mol. The maximum absolute atomic E-state index is 12.4. The molecule has 1 aliphatic heterocycles. The number of hydrogen-bond acceptors (Lipinski definition) is 5. The summed E-state index contributed by atoms with van der Waals surface area (Å²) in [4.78, 5) is 31.6. The SMILES string of the molecule is O=C(Nc1nc2c(s1)CN(C(=O)COc1ccccc1)CC2)C1CC1. The number of benzene rings is 1. The smallest absolute Gasteiger partial charge is 0.260 e. The largest absolute Gasteiger partial charge is 0.484 e. The number of hydrogen-bond donors (Lipinski definition) is 1. The van der Waals surface area contributed by atoms with Crippen molar-refractivity contribution in [3.05, 3.63) is 40.9 Å². The van der Waals surface area contributed by atoms with Crippen molar-refractivity contribution in [2.24, 2.45) is 5.92 Å². The maximum Gasteiger partial charge on any atom is 0.260 e. The van der Waals surface area contributed by atoms with Gasteiger partial charge in [-0.2, -0.15) is 0 Å². The van der Waals surface area contributed by atoms with E-state index in [2.05, 4.69) is 10.3 Å². The number of carbonyl (C=O) groups is 2. The molecule has 0 saturated heterocycles. The van der Waals surface area contributed by atoms with Gasteiger partial charge in [-0.15, -0.1) is 0 Å². The Morgan fingerprint density at radius 3 is 2.84 bits per heavy atom. The fraction of sp³-hybridized carbons (Fsp3) is 0.389. The van der Waals surface area contributed by atoms with Crippen molar-refractivity contribution in [2.45, 2.75) is 25.8 Å². The third kappa shape index (κ3) is 3.82. The van der Waals surface area contributed by atoms with E-state index in [9.17, 15) is 9.59 Å². The molecule has 6 nitrogen and oxygen atoms in total. The lowest BCUT2D eigenvalue weighted by atomic mass is 10.2. The van der Waals surface area contributed by atoms with Gasteiger partial charge in [0.1, 0.15) is 5.75 Å². The van der Waals surface area contributed by atoms with Gasteiger partial charge in [0.15, 0.2) is 11.7 Å². The summed E-state index contributed by atoms with van der Waals surface area (Å²) < 4.78 is 5.54. The van der Waals surface area contributed by atoms with E-state index in [0.29, 0.717) is 30.4 Å². The van der Waals surface area contributed by atoms with Crippen LogP contribution in [0.25, 0.3) is 0 Å². The van der Waals surface area contributed by atoms with Gasteiger partial charge in [-0.3, -0.25) is 9.59 Å². The molecule has 25 heavy (non-hydrogen) atoms. The van der Waals surface area contributed by atoms with E-state index in [4.69, 9.17) is 4.74 Å². The van der Waals surface area contributed by atoms with Gasteiger partial charge < -0.3 is 15.0 Å².